The van der Waals surface area contributed by atoms with Gasteiger partial charge in [-0.3, -0.25) is 19.6 Å². The van der Waals surface area contributed by atoms with Crippen LogP contribution >= 0.6 is 11.3 Å². The van der Waals surface area contributed by atoms with Gasteiger partial charge < -0.3 is 4.90 Å². The van der Waals surface area contributed by atoms with Gasteiger partial charge in [-0.1, -0.05) is 6.07 Å². The molecule has 2 aliphatic rings. The topological polar surface area (TPSA) is 73.7 Å². The van der Waals surface area contributed by atoms with Gasteiger partial charge in [-0.25, -0.2) is 9.50 Å². The second-order valence-electron chi connectivity index (χ2n) is 8.92. The van der Waals surface area contributed by atoms with Crippen molar-refractivity contribution in [3.63, 3.8) is 0 Å². The van der Waals surface area contributed by atoms with Gasteiger partial charge in [-0.05, 0) is 44.6 Å². The number of piperidine rings is 1. The summed E-state index contributed by atoms with van der Waals surface area (Å²) in [4.78, 5) is 36.5. The van der Waals surface area contributed by atoms with Gasteiger partial charge in [0.05, 0.1) is 29.4 Å². The van der Waals surface area contributed by atoms with Crippen molar-refractivity contribution in [2.45, 2.75) is 64.6 Å². The Balaban J connectivity index is 1.47. The third-order valence-corrected chi connectivity index (χ3v) is 7.51. The smallest absolute Gasteiger partial charge is 0.277 e. The van der Waals surface area contributed by atoms with E-state index in [1.165, 1.54) is 0 Å². The molecule has 1 atom stereocenters. The highest BCUT2D eigenvalue weighted by atomic mass is 32.1. The first-order valence-corrected chi connectivity index (χ1v) is 12.1. The summed E-state index contributed by atoms with van der Waals surface area (Å²) < 4.78 is 1.58. The van der Waals surface area contributed by atoms with Crippen molar-refractivity contribution in [3.8, 4) is 0 Å². The van der Waals surface area contributed by atoms with E-state index < -0.39 is 0 Å². The van der Waals surface area contributed by atoms with Gasteiger partial charge in [-0.2, -0.15) is 0 Å². The van der Waals surface area contributed by atoms with Gasteiger partial charge in [0.15, 0.2) is 5.65 Å². The Bertz CT molecular complexity index is 1150. The number of thiophene rings is 1. The highest BCUT2D eigenvalue weighted by Gasteiger charge is 2.30. The highest BCUT2D eigenvalue weighted by Crippen LogP contribution is 2.31. The molecule has 5 heterocycles. The van der Waals surface area contributed by atoms with Crippen LogP contribution < -0.4 is 5.56 Å². The van der Waals surface area contributed by atoms with E-state index in [9.17, 15) is 9.59 Å². The number of H-pyrrole nitrogens is 1. The molecule has 31 heavy (non-hydrogen) atoms. The zero-order valence-electron chi connectivity index (χ0n) is 18.1. The van der Waals surface area contributed by atoms with E-state index in [0.717, 1.165) is 60.6 Å². The van der Waals surface area contributed by atoms with E-state index in [0.29, 0.717) is 24.7 Å². The van der Waals surface area contributed by atoms with Gasteiger partial charge >= 0.3 is 0 Å². The number of likely N-dealkylation sites (tertiary alicyclic amines) is 1. The van der Waals surface area contributed by atoms with E-state index in [2.05, 4.69) is 23.8 Å². The predicted molar refractivity (Wildman–Crippen MR) is 121 cm³/mol. The molecule has 1 N–H and O–H groups in total. The number of amides is 1. The molecule has 0 aliphatic carbocycles. The maximum absolute atomic E-state index is 13.3. The molecule has 0 radical (unpaired) electrons. The third kappa shape index (κ3) is 3.83. The summed E-state index contributed by atoms with van der Waals surface area (Å²) in [6, 6.07) is 6.33. The maximum Gasteiger partial charge on any atom is 0.277 e. The summed E-state index contributed by atoms with van der Waals surface area (Å²) in [6.07, 6.45) is 4.23. The molecule has 0 bridgehead atoms. The number of nitrogens with zero attached hydrogens (tertiary/aromatic N) is 4. The van der Waals surface area contributed by atoms with Crippen LogP contribution in [-0.2, 0) is 24.2 Å². The first-order valence-electron chi connectivity index (χ1n) is 11.2. The number of nitrogens with one attached hydrogen (secondary N) is 1. The van der Waals surface area contributed by atoms with Crippen molar-refractivity contribution in [2.75, 3.05) is 13.1 Å². The fourth-order valence-electron chi connectivity index (χ4n) is 4.85. The van der Waals surface area contributed by atoms with Crippen LogP contribution in [0.15, 0.2) is 28.4 Å². The van der Waals surface area contributed by atoms with Gasteiger partial charge in [0.2, 0.25) is 5.91 Å². The molecule has 1 amide bonds. The van der Waals surface area contributed by atoms with Crippen molar-refractivity contribution in [1.82, 2.24) is 24.4 Å². The Morgan fingerprint density at radius 1 is 1.32 bits per heavy atom. The van der Waals surface area contributed by atoms with Crippen LogP contribution in [0.1, 0.15) is 61.0 Å². The monoisotopic (exact) mass is 439 g/mol. The number of rotatable bonds is 4. The van der Waals surface area contributed by atoms with E-state index in [1.807, 2.05) is 28.5 Å². The van der Waals surface area contributed by atoms with Crippen molar-refractivity contribution in [3.05, 3.63) is 55.8 Å². The Kier molecular flexibility index (Phi) is 5.44. The standard InChI is InChI=1S/C23H29N5O2S/c1-15(2)26-10-8-18-17(14-26)23(30)28-21(24-18)13-19(25-28)20-7-3-4-9-27(20)22(29)12-16-6-5-11-31-16/h5-6,11,13,15,20,25H,3-4,7-10,12,14H2,1-2H3/t20-/m0/s1. The second-order valence-corrected chi connectivity index (χ2v) is 9.95. The molecule has 0 spiro atoms. The largest absolute Gasteiger partial charge is 0.334 e. The van der Waals surface area contributed by atoms with Crippen LogP contribution in [-0.4, -0.2) is 49.4 Å². The normalized spacial score (nSPS) is 19.8. The summed E-state index contributed by atoms with van der Waals surface area (Å²) in [7, 11) is 0. The van der Waals surface area contributed by atoms with Crippen molar-refractivity contribution >= 4 is 22.9 Å². The SMILES string of the molecule is CC(C)N1CCc2nc3cc([C@@H]4CCCCN4C(=O)Cc4cccs4)[nH]n3c(=O)c2C1. The minimum Gasteiger partial charge on any atom is -0.334 e. The van der Waals surface area contributed by atoms with Crippen molar-refractivity contribution in [1.29, 1.82) is 0 Å². The quantitative estimate of drug-likeness (QED) is 0.678. The first-order chi connectivity index (χ1) is 15.0. The molecule has 1 fully saturated rings. The van der Waals surface area contributed by atoms with E-state index in [-0.39, 0.29) is 17.5 Å². The number of hydrogen-bond donors (Lipinski definition) is 1. The van der Waals surface area contributed by atoms with Crippen LogP contribution in [0.25, 0.3) is 5.65 Å². The fraction of sp³-hybridized carbons (Fsp3) is 0.522. The van der Waals surface area contributed by atoms with Gasteiger partial charge in [-0.15, -0.1) is 11.3 Å². The lowest BCUT2D eigenvalue weighted by Gasteiger charge is -2.35. The molecule has 0 unspecified atom stereocenters. The summed E-state index contributed by atoms with van der Waals surface area (Å²) in [6.45, 7) is 6.65. The number of fused-ring (bicyclic) bond motifs is 2. The van der Waals surface area contributed by atoms with Crippen LogP contribution in [0.4, 0.5) is 0 Å². The zero-order chi connectivity index (χ0) is 21.5. The third-order valence-electron chi connectivity index (χ3n) is 6.63. The summed E-state index contributed by atoms with van der Waals surface area (Å²) in [5.74, 6) is 0.151. The summed E-state index contributed by atoms with van der Waals surface area (Å²) in [5, 5.41) is 5.31. The summed E-state index contributed by atoms with van der Waals surface area (Å²) >= 11 is 1.62. The number of aromatic amines is 1. The molecule has 164 valence electrons. The number of carbonyl (C=O) groups excluding carboxylic acids is 1. The Morgan fingerprint density at radius 2 is 2.19 bits per heavy atom. The zero-order valence-corrected chi connectivity index (χ0v) is 19.0. The van der Waals surface area contributed by atoms with Crippen LogP contribution in [0, 0.1) is 0 Å². The molecule has 8 heteroatoms. The minimum absolute atomic E-state index is 0.0103. The Morgan fingerprint density at radius 3 is 2.97 bits per heavy atom. The van der Waals surface area contributed by atoms with E-state index in [1.54, 1.807) is 15.9 Å². The molecule has 2 aliphatic heterocycles. The molecule has 7 nitrogen and oxygen atoms in total. The van der Waals surface area contributed by atoms with Gasteiger partial charge in [0.25, 0.3) is 5.56 Å². The van der Waals surface area contributed by atoms with Crippen LogP contribution in [0.3, 0.4) is 0 Å². The van der Waals surface area contributed by atoms with Crippen molar-refractivity contribution < 1.29 is 4.79 Å². The Hall–Kier alpha value is -2.45. The maximum atomic E-state index is 13.3. The minimum atomic E-state index is -0.0356. The lowest BCUT2D eigenvalue weighted by atomic mass is 9.99. The molecular weight excluding hydrogens is 410 g/mol. The molecule has 3 aromatic heterocycles. The average Bonchev–Trinajstić information content (AvgIpc) is 3.43. The number of hydrogen-bond acceptors (Lipinski definition) is 5. The molecule has 1 saturated heterocycles. The molecule has 0 saturated carbocycles. The number of aromatic nitrogens is 3. The summed E-state index contributed by atoms with van der Waals surface area (Å²) in [5.41, 5.74) is 3.27. The highest BCUT2D eigenvalue weighted by molar-refractivity contribution is 7.10. The van der Waals surface area contributed by atoms with Crippen LogP contribution in [0.2, 0.25) is 0 Å². The van der Waals surface area contributed by atoms with E-state index >= 15 is 0 Å². The van der Waals surface area contributed by atoms with Gasteiger partial charge in [0, 0.05) is 43.0 Å². The first kappa shape index (κ1) is 20.5. The number of carbonyl (C=O) groups is 1. The Labute approximate surface area is 185 Å². The molecule has 5 rings (SSSR count). The second kappa shape index (κ2) is 8.24. The van der Waals surface area contributed by atoms with E-state index in [4.69, 9.17) is 4.98 Å². The lowest BCUT2D eigenvalue weighted by Crippen LogP contribution is -2.40. The molecule has 3 aromatic rings. The molecule has 0 aromatic carbocycles. The average molecular weight is 440 g/mol. The van der Waals surface area contributed by atoms with Gasteiger partial charge in [0.1, 0.15) is 0 Å². The predicted octanol–water partition coefficient (Wildman–Crippen LogP) is 3.15. The fourth-order valence-corrected chi connectivity index (χ4v) is 5.55. The van der Waals surface area contributed by atoms with Crippen molar-refractivity contribution in [2.24, 2.45) is 0 Å². The molecular formula is C23H29N5O2S. The lowest BCUT2D eigenvalue weighted by molar-refractivity contribution is -0.134. The van der Waals surface area contributed by atoms with Crippen LogP contribution in [0.5, 0.6) is 0 Å².